The molecule has 1 aliphatic rings. The number of benzene rings is 9. The average molecular weight is 753 g/mol. The summed E-state index contributed by atoms with van der Waals surface area (Å²) in [5, 5.41) is 5.01. The van der Waals surface area contributed by atoms with Crippen LogP contribution in [-0.2, 0) is 5.41 Å². The van der Waals surface area contributed by atoms with E-state index in [1.807, 2.05) is 0 Å². The van der Waals surface area contributed by atoms with E-state index in [2.05, 4.69) is 229 Å². The Labute approximate surface area is 343 Å². The second-order valence-electron chi connectivity index (χ2n) is 16.6. The molecular weight excluding hydrogens is 713 g/mol. The Morgan fingerprint density at radius 1 is 0.288 bits per heavy atom. The average Bonchev–Trinajstić information content (AvgIpc) is 3.89. The Morgan fingerprint density at radius 3 is 1.53 bits per heavy atom. The maximum absolute atomic E-state index is 2.50. The molecule has 11 aromatic rings. The molecule has 2 heteroatoms. The summed E-state index contributed by atoms with van der Waals surface area (Å²) in [7, 11) is 0. The van der Waals surface area contributed by atoms with Gasteiger partial charge in [-0.1, -0.05) is 159 Å². The van der Waals surface area contributed by atoms with Crippen molar-refractivity contribution in [3.8, 4) is 55.9 Å². The molecule has 1 aliphatic carbocycles. The van der Waals surface area contributed by atoms with Crippen LogP contribution in [-0.4, -0.2) is 9.13 Å². The Morgan fingerprint density at radius 2 is 0.780 bits per heavy atom. The maximum Gasteiger partial charge on any atom is 0.0547 e. The molecule has 12 rings (SSSR count). The minimum Gasteiger partial charge on any atom is -0.309 e. The monoisotopic (exact) mass is 752 g/mol. The van der Waals surface area contributed by atoms with Gasteiger partial charge in [0, 0.05) is 38.3 Å². The first-order chi connectivity index (χ1) is 29.0. The smallest absolute Gasteiger partial charge is 0.0547 e. The molecule has 2 nitrogen and oxygen atoms in total. The van der Waals surface area contributed by atoms with Gasteiger partial charge in [0.15, 0.2) is 0 Å². The van der Waals surface area contributed by atoms with E-state index in [9.17, 15) is 0 Å². The fraction of sp³-hybridized carbons (Fsp3) is 0.0526. The van der Waals surface area contributed by atoms with E-state index in [4.69, 9.17) is 0 Å². The van der Waals surface area contributed by atoms with E-state index >= 15 is 0 Å². The van der Waals surface area contributed by atoms with Gasteiger partial charge in [0.2, 0.25) is 0 Å². The lowest BCUT2D eigenvalue weighted by Gasteiger charge is -2.22. The topological polar surface area (TPSA) is 9.86 Å². The summed E-state index contributed by atoms with van der Waals surface area (Å²) in [4.78, 5) is 0. The van der Waals surface area contributed by atoms with Crippen LogP contribution in [0.15, 0.2) is 206 Å². The van der Waals surface area contributed by atoms with Crippen LogP contribution in [0, 0.1) is 0 Å². The van der Waals surface area contributed by atoms with Crippen molar-refractivity contribution in [3.63, 3.8) is 0 Å². The molecule has 278 valence electrons. The summed E-state index contributed by atoms with van der Waals surface area (Å²) in [5.74, 6) is 0. The summed E-state index contributed by atoms with van der Waals surface area (Å²) in [6.45, 7) is 4.73. The predicted molar refractivity (Wildman–Crippen MR) is 249 cm³/mol. The van der Waals surface area contributed by atoms with Crippen LogP contribution in [0.25, 0.3) is 99.5 Å². The van der Waals surface area contributed by atoms with Gasteiger partial charge < -0.3 is 9.13 Å². The highest BCUT2D eigenvalue weighted by Gasteiger charge is 2.35. The molecule has 9 aromatic carbocycles. The maximum atomic E-state index is 2.50. The third-order valence-electron chi connectivity index (χ3n) is 12.9. The third kappa shape index (κ3) is 5.13. The molecule has 0 N–H and O–H groups in total. The van der Waals surface area contributed by atoms with Gasteiger partial charge in [-0.3, -0.25) is 0 Å². The van der Waals surface area contributed by atoms with Crippen LogP contribution in [0.4, 0.5) is 0 Å². The number of rotatable bonds is 5. The highest BCUT2D eigenvalue weighted by atomic mass is 15.0. The number of fused-ring (bicyclic) bond motifs is 9. The van der Waals surface area contributed by atoms with Crippen molar-refractivity contribution in [1.82, 2.24) is 9.13 Å². The fourth-order valence-electron chi connectivity index (χ4n) is 9.98. The van der Waals surface area contributed by atoms with Crippen molar-refractivity contribution in [1.29, 1.82) is 0 Å². The minimum absolute atomic E-state index is 0.0979. The number of para-hydroxylation sites is 2. The minimum atomic E-state index is -0.0979. The zero-order chi connectivity index (χ0) is 39.2. The predicted octanol–water partition coefficient (Wildman–Crippen LogP) is 15.2. The fourth-order valence-corrected chi connectivity index (χ4v) is 9.98. The normalized spacial score (nSPS) is 13.1. The van der Waals surface area contributed by atoms with Gasteiger partial charge >= 0.3 is 0 Å². The Balaban J connectivity index is 1.05. The van der Waals surface area contributed by atoms with Crippen LogP contribution in [0.3, 0.4) is 0 Å². The molecule has 0 unspecified atom stereocenters. The molecule has 0 saturated carbocycles. The number of aromatic nitrogens is 2. The van der Waals surface area contributed by atoms with Crippen molar-refractivity contribution < 1.29 is 0 Å². The van der Waals surface area contributed by atoms with E-state index < -0.39 is 0 Å². The zero-order valence-corrected chi connectivity index (χ0v) is 33.0. The number of nitrogens with zero attached hydrogens (tertiary/aromatic N) is 2. The van der Waals surface area contributed by atoms with E-state index in [1.54, 1.807) is 0 Å². The van der Waals surface area contributed by atoms with Gasteiger partial charge in [0.05, 0.1) is 22.1 Å². The first-order valence-corrected chi connectivity index (χ1v) is 20.6. The summed E-state index contributed by atoms with van der Waals surface area (Å²) >= 11 is 0. The molecule has 0 bridgehead atoms. The Kier molecular flexibility index (Phi) is 7.31. The molecule has 0 amide bonds. The van der Waals surface area contributed by atoms with Gasteiger partial charge in [-0.25, -0.2) is 0 Å². The van der Waals surface area contributed by atoms with E-state index in [0.717, 1.165) is 0 Å². The number of hydrogen-bond donors (Lipinski definition) is 0. The molecule has 0 saturated heterocycles. The second kappa shape index (κ2) is 12.8. The quantitative estimate of drug-likeness (QED) is 0.166. The van der Waals surface area contributed by atoms with Gasteiger partial charge in [0.1, 0.15) is 0 Å². The van der Waals surface area contributed by atoms with Crippen molar-refractivity contribution >= 4 is 43.6 Å². The van der Waals surface area contributed by atoms with Crippen molar-refractivity contribution in [2.45, 2.75) is 19.3 Å². The molecule has 0 atom stereocenters. The van der Waals surface area contributed by atoms with Crippen LogP contribution in [0.1, 0.15) is 25.0 Å². The lowest BCUT2D eigenvalue weighted by atomic mass is 9.82. The SMILES string of the molecule is CC1(C)c2ccccc2-c2ccc(-n3c4ccc(-c5ccc(-c6ccccc6)cc5)cc4c4ccc(-c5ccc6c(c5)c5ccccc5n6-c5ccccc5)cc43)cc21. The highest BCUT2D eigenvalue weighted by Crippen LogP contribution is 2.50. The Hall–Kier alpha value is -7.42. The molecule has 0 fully saturated rings. The molecular formula is C57H40N2. The summed E-state index contributed by atoms with van der Waals surface area (Å²) in [6.07, 6.45) is 0. The van der Waals surface area contributed by atoms with Crippen LogP contribution in [0.5, 0.6) is 0 Å². The lowest BCUT2D eigenvalue weighted by molar-refractivity contribution is 0.660. The summed E-state index contributed by atoms with van der Waals surface area (Å²) in [6, 6.07) is 76.1. The van der Waals surface area contributed by atoms with Crippen molar-refractivity contribution in [2.24, 2.45) is 0 Å². The van der Waals surface area contributed by atoms with Gasteiger partial charge in [0.25, 0.3) is 0 Å². The van der Waals surface area contributed by atoms with E-state index in [1.165, 1.54) is 111 Å². The van der Waals surface area contributed by atoms with Crippen LogP contribution >= 0.6 is 0 Å². The third-order valence-corrected chi connectivity index (χ3v) is 12.9. The Bertz CT molecular complexity index is 3440. The second-order valence-corrected chi connectivity index (χ2v) is 16.6. The standard InChI is InChI=1S/C57H40N2/c1-57(2)51-19-11-9-17-45(51)46-30-28-44(36-52(46)57)59-55-31-26-40(39-23-21-38(22-24-39)37-13-5-3-6-14-37)33-50(55)48-29-25-42(35-56(48)59)41-27-32-54-49(34-41)47-18-10-12-20-53(47)58(54)43-15-7-4-8-16-43/h3-36H,1-2H3. The van der Waals surface area contributed by atoms with Crippen molar-refractivity contribution in [2.75, 3.05) is 0 Å². The summed E-state index contributed by atoms with van der Waals surface area (Å²) < 4.78 is 4.88. The van der Waals surface area contributed by atoms with Crippen molar-refractivity contribution in [3.05, 3.63) is 217 Å². The van der Waals surface area contributed by atoms with Gasteiger partial charge in [-0.15, -0.1) is 0 Å². The molecule has 0 aliphatic heterocycles. The largest absolute Gasteiger partial charge is 0.309 e. The molecule has 0 spiro atoms. The first kappa shape index (κ1) is 33.7. The van der Waals surface area contributed by atoms with E-state index in [0.29, 0.717) is 0 Å². The lowest BCUT2D eigenvalue weighted by Crippen LogP contribution is -2.15. The number of hydrogen-bond acceptors (Lipinski definition) is 0. The van der Waals surface area contributed by atoms with Gasteiger partial charge in [-0.2, -0.15) is 0 Å². The first-order valence-electron chi connectivity index (χ1n) is 20.6. The molecule has 2 aromatic heterocycles. The molecule has 59 heavy (non-hydrogen) atoms. The summed E-state index contributed by atoms with van der Waals surface area (Å²) in [5.41, 5.74) is 19.8. The highest BCUT2D eigenvalue weighted by molar-refractivity contribution is 6.13. The molecule has 0 radical (unpaired) electrons. The van der Waals surface area contributed by atoms with E-state index in [-0.39, 0.29) is 5.41 Å². The molecule has 2 heterocycles. The van der Waals surface area contributed by atoms with Gasteiger partial charge in [-0.05, 0) is 116 Å². The zero-order valence-electron chi connectivity index (χ0n) is 33.0. The van der Waals surface area contributed by atoms with Crippen LogP contribution < -0.4 is 0 Å². The van der Waals surface area contributed by atoms with Crippen LogP contribution in [0.2, 0.25) is 0 Å².